The largest absolute Gasteiger partial charge is 0.671 e. The molecule has 0 unspecified atom stereocenters. The summed E-state index contributed by atoms with van der Waals surface area (Å²) in [4.78, 5) is 24.1. The van der Waals surface area contributed by atoms with Crippen LogP contribution in [0.1, 0.15) is 6.92 Å². The van der Waals surface area contributed by atoms with E-state index < -0.39 is 9.05 Å². The van der Waals surface area contributed by atoms with Gasteiger partial charge in [-0.15, -0.1) is 0 Å². The van der Waals surface area contributed by atoms with E-state index >= 15 is 0 Å². The average molecular weight is 156 g/mol. The van der Waals surface area contributed by atoms with Gasteiger partial charge in [0, 0.05) is 13.7 Å². The molecule has 0 heterocycles. The molecule has 0 aliphatic carbocycles. The Morgan fingerprint density at radius 3 is 1.56 bits per heavy atom. The first-order valence-electron chi connectivity index (χ1n) is 2.32. The van der Waals surface area contributed by atoms with Crippen LogP contribution >= 0.6 is 0 Å². The predicted molar refractivity (Wildman–Crippen MR) is 32.2 cm³/mol. The fourth-order valence-corrected chi connectivity index (χ4v) is 0.581. The summed E-state index contributed by atoms with van der Waals surface area (Å²) in [5, 5.41) is 7.00. The third kappa shape index (κ3) is 18.0. The van der Waals surface area contributed by atoms with Crippen molar-refractivity contribution in [3.63, 3.8) is 0 Å². The molecule has 0 saturated carbocycles. The Bertz CT molecular complexity index is 50.7. The van der Waals surface area contributed by atoms with Gasteiger partial charge in [-0.25, -0.2) is 0 Å². The molecule has 0 aromatic carbocycles. The van der Waals surface area contributed by atoms with Crippen LogP contribution in [0.4, 0.5) is 0 Å². The maximum atomic E-state index is 8.05. The molecule has 58 valence electrons. The lowest BCUT2D eigenvalue weighted by atomic mass is 10.9. The lowest BCUT2D eigenvalue weighted by Crippen LogP contribution is -2.38. The molecular weight excluding hydrogens is 144 g/mol. The SMILES string of the molecule is CCO[Si](O)(O)O.CO. The van der Waals surface area contributed by atoms with E-state index in [0.29, 0.717) is 0 Å². The monoisotopic (exact) mass is 156 g/mol. The number of hydrogen-bond acceptors (Lipinski definition) is 5. The van der Waals surface area contributed by atoms with Gasteiger partial charge in [0.25, 0.3) is 0 Å². The van der Waals surface area contributed by atoms with Crippen molar-refractivity contribution < 1.29 is 23.9 Å². The van der Waals surface area contributed by atoms with Crippen LogP contribution in [0.25, 0.3) is 0 Å². The summed E-state index contributed by atoms with van der Waals surface area (Å²) in [6, 6.07) is 0. The van der Waals surface area contributed by atoms with Gasteiger partial charge in [0.05, 0.1) is 0 Å². The van der Waals surface area contributed by atoms with Gasteiger partial charge in [-0.2, -0.15) is 0 Å². The van der Waals surface area contributed by atoms with Crippen molar-refractivity contribution in [2.24, 2.45) is 0 Å². The van der Waals surface area contributed by atoms with Gasteiger partial charge < -0.3 is 23.9 Å². The summed E-state index contributed by atoms with van der Waals surface area (Å²) in [5.74, 6) is 0. The van der Waals surface area contributed by atoms with E-state index in [2.05, 4.69) is 4.43 Å². The molecule has 5 nitrogen and oxygen atoms in total. The summed E-state index contributed by atoms with van der Waals surface area (Å²) in [6.45, 7) is 1.68. The topological polar surface area (TPSA) is 90.2 Å². The molecule has 6 heteroatoms. The van der Waals surface area contributed by atoms with Gasteiger partial charge in [-0.1, -0.05) is 0 Å². The molecule has 0 aliphatic heterocycles. The van der Waals surface area contributed by atoms with Crippen LogP contribution in [-0.2, 0) is 4.43 Å². The summed E-state index contributed by atoms with van der Waals surface area (Å²) in [5.41, 5.74) is 0. The molecule has 4 N–H and O–H groups in total. The number of aliphatic hydroxyl groups excluding tert-OH is 1. The van der Waals surface area contributed by atoms with Crippen molar-refractivity contribution in [3.8, 4) is 0 Å². The first-order valence-corrected chi connectivity index (χ1v) is 4.07. The Hall–Kier alpha value is 0.0169. The van der Waals surface area contributed by atoms with Gasteiger partial charge >= 0.3 is 9.05 Å². The van der Waals surface area contributed by atoms with Gasteiger partial charge in [-0.05, 0) is 6.92 Å². The molecule has 0 fully saturated rings. The Kier molecular flexibility index (Phi) is 8.03. The zero-order valence-electron chi connectivity index (χ0n) is 5.40. The lowest BCUT2D eigenvalue weighted by Gasteiger charge is -2.05. The zero-order valence-corrected chi connectivity index (χ0v) is 6.40. The summed E-state index contributed by atoms with van der Waals surface area (Å²) in [7, 11) is -3.16. The van der Waals surface area contributed by atoms with E-state index in [-0.39, 0.29) is 6.61 Å². The van der Waals surface area contributed by atoms with Crippen LogP contribution in [0, 0.1) is 0 Å². The van der Waals surface area contributed by atoms with Crippen molar-refractivity contribution in [2.45, 2.75) is 6.92 Å². The Balaban J connectivity index is 0. The fraction of sp³-hybridized carbons (Fsp3) is 1.00. The van der Waals surface area contributed by atoms with Crippen LogP contribution in [0.3, 0.4) is 0 Å². The highest BCUT2D eigenvalue weighted by Gasteiger charge is 2.28. The Labute approximate surface area is 54.6 Å². The molecule has 0 radical (unpaired) electrons. The molecule has 0 atom stereocenters. The van der Waals surface area contributed by atoms with E-state index in [9.17, 15) is 0 Å². The third-order valence-corrected chi connectivity index (χ3v) is 1.01. The van der Waals surface area contributed by atoms with Crippen LogP contribution in [0.5, 0.6) is 0 Å². The molecule has 0 aliphatic rings. The molecule has 0 bridgehead atoms. The van der Waals surface area contributed by atoms with E-state index in [4.69, 9.17) is 19.5 Å². The van der Waals surface area contributed by atoms with Crippen molar-refractivity contribution in [1.82, 2.24) is 0 Å². The summed E-state index contributed by atoms with van der Waals surface area (Å²) >= 11 is 0. The van der Waals surface area contributed by atoms with E-state index in [1.165, 1.54) is 0 Å². The fourth-order valence-electron chi connectivity index (χ4n) is 0.194. The van der Waals surface area contributed by atoms with Crippen LogP contribution in [-0.4, -0.2) is 42.3 Å². The molecule has 0 aromatic rings. The molecular formula is C3H12O5Si. The van der Waals surface area contributed by atoms with Crippen molar-refractivity contribution >= 4 is 9.05 Å². The van der Waals surface area contributed by atoms with Crippen LogP contribution in [0.2, 0.25) is 0 Å². The summed E-state index contributed by atoms with van der Waals surface area (Å²) in [6.07, 6.45) is 0. The minimum Gasteiger partial charge on any atom is -0.400 e. The highest BCUT2D eigenvalue weighted by Crippen LogP contribution is 1.85. The first-order chi connectivity index (χ1) is 4.06. The molecule has 0 saturated heterocycles. The van der Waals surface area contributed by atoms with Crippen LogP contribution < -0.4 is 0 Å². The number of rotatable bonds is 2. The van der Waals surface area contributed by atoms with Gasteiger partial charge in [0.2, 0.25) is 0 Å². The van der Waals surface area contributed by atoms with Gasteiger partial charge in [-0.3, -0.25) is 0 Å². The quantitative estimate of drug-likeness (QED) is 0.349. The zero-order chi connectivity index (χ0) is 7.91. The summed E-state index contributed by atoms with van der Waals surface area (Å²) < 4.78 is 4.03. The maximum Gasteiger partial charge on any atom is 0.671 e. The minimum absolute atomic E-state index is 0.121. The van der Waals surface area contributed by atoms with Crippen molar-refractivity contribution in [3.05, 3.63) is 0 Å². The number of hydrogen-bond donors (Lipinski definition) is 4. The smallest absolute Gasteiger partial charge is 0.400 e. The second-order valence-corrected chi connectivity index (χ2v) is 2.44. The van der Waals surface area contributed by atoms with Crippen molar-refractivity contribution in [1.29, 1.82) is 0 Å². The molecule has 0 aromatic heterocycles. The molecule has 0 spiro atoms. The van der Waals surface area contributed by atoms with Gasteiger partial charge in [0.15, 0.2) is 0 Å². The maximum absolute atomic E-state index is 8.05. The molecule has 9 heavy (non-hydrogen) atoms. The van der Waals surface area contributed by atoms with E-state index in [0.717, 1.165) is 7.11 Å². The van der Waals surface area contributed by atoms with E-state index in [1.54, 1.807) is 6.92 Å². The highest BCUT2D eigenvalue weighted by molar-refractivity contribution is 6.48. The second kappa shape index (κ2) is 6.14. The Morgan fingerprint density at radius 2 is 1.56 bits per heavy atom. The normalized spacial score (nSPS) is 10.0. The molecule has 0 amide bonds. The number of aliphatic hydroxyl groups is 1. The van der Waals surface area contributed by atoms with Crippen molar-refractivity contribution in [2.75, 3.05) is 13.7 Å². The first kappa shape index (κ1) is 11.8. The Morgan fingerprint density at radius 1 is 1.22 bits per heavy atom. The average Bonchev–Trinajstić information content (AvgIpc) is 1.69. The highest BCUT2D eigenvalue weighted by atomic mass is 28.4. The minimum atomic E-state index is -4.16. The standard InChI is InChI=1S/C2H8O4Si.CH4O/c1-2-6-7(3,4)5;1-2/h3-5H,2H2,1H3;2H,1H3. The van der Waals surface area contributed by atoms with Gasteiger partial charge in [0.1, 0.15) is 0 Å². The van der Waals surface area contributed by atoms with Crippen LogP contribution in [0.15, 0.2) is 0 Å². The lowest BCUT2D eigenvalue weighted by molar-refractivity contribution is 0.0687. The predicted octanol–water partition coefficient (Wildman–Crippen LogP) is -1.96. The third-order valence-electron chi connectivity index (χ3n) is 0.338. The second-order valence-electron chi connectivity index (χ2n) is 1.01. The molecule has 0 rings (SSSR count). The van der Waals surface area contributed by atoms with E-state index in [1.807, 2.05) is 0 Å².